The summed E-state index contributed by atoms with van der Waals surface area (Å²) in [6, 6.07) is 9.41. The lowest BCUT2D eigenvalue weighted by Gasteiger charge is -2.42. The molecule has 1 fully saturated rings. The first-order chi connectivity index (χ1) is 16.3. The number of alkyl halides is 3. The molecule has 2 heterocycles. The van der Waals surface area contributed by atoms with Crippen LogP contribution in [-0.2, 0) is 10.0 Å². The lowest BCUT2D eigenvalue weighted by molar-refractivity contribution is -0.107. The van der Waals surface area contributed by atoms with Crippen LogP contribution >= 0.6 is 0 Å². The third-order valence-electron chi connectivity index (χ3n) is 6.18. The van der Waals surface area contributed by atoms with Gasteiger partial charge in [-0.15, -0.1) is 0 Å². The van der Waals surface area contributed by atoms with Crippen LogP contribution in [-0.4, -0.2) is 65.5 Å². The maximum atomic E-state index is 13.4. The van der Waals surface area contributed by atoms with E-state index in [1.54, 1.807) is 23.0 Å². The molecule has 0 radical (unpaired) electrons. The molecule has 0 aliphatic carbocycles. The van der Waals surface area contributed by atoms with Crippen LogP contribution in [0.4, 0.5) is 17.6 Å². The van der Waals surface area contributed by atoms with Crippen LogP contribution in [0.1, 0.15) is 31.0 Å². The largest absolute Gasteiger partial charge is 0.404 e. The Morgan fingerprint density at radius 1 is 1.11 bits per heavy atom. The summed E-state index contributed by atoms with van der Waals surface area (Å²) in [5.41, 5.74) is 3.21. The van der Waals surface area contributed by atoms with Gasteiger partial charge >= 0.3 is 6.18 Å². The van der Waals surface area contributed by atoms with E-state index in [9.17, 15) is 26.0 Å². The Hall–Kier alpha value is -2.50. The molecule has 4 rings (SSSR count). The standard InChI is InChI=1S/C24H28F4N4O2S/c1-16(2)13-30-8-9-31(35(33,34)15-24(26,27)28)14-23(30)21-11-18-12-29-32(22(18)10-17(21)3)20-6-4-19(25)5-7-20/h4-7,10-12,16,23H,8-9,13-15H2,1-3H3. The topological polar surface area (TPSA) is 58.4 Å². The molecule has 0 bridgehead atoms. The number of benzene rings is 2. The van der Waals surface area contributed by atoms with Crippen molar-refractivity contribution < 1.29 is 26.0 Å². The molecule has 11 heteroatoms. The van der Waals surface area contributed by atoms with Crippen molar-refractivity contribution in [3.63, 3.8) is 0 Å². The fourth-order valence-corrected chi connectivity index (χ4v) is 6.00. The number of aryl methyl sites for hydroxylation is 1. The summed E-state index contributed by atoms with van der Waals surface area (Å²) in [5.74, 6) is -1.92. The Bertz CT molecular complexity index is 1300. The van der Waals surface area contributed by atoms with Gasteiger partial charge in [-0.2, -0.15) is 22.6 Å². The molecule has 0 amide bonds. The van der Waals surface area contributed by atoms with Crippen molar-refractivity contribution in [2.75, 3.05) is 31.9 Å². The number of aromatic nitrogens is 2. The fraction of sp³-hybridized carbons (Fsp3) is 0.458. The molecule has 1 aliphatic heterocycles. The molecule has 6 nitrogen and oxygen atoms in total. The minimum atomic E-state index is -4.80. The zero-order chi connectivity index (χ0) is 25.5. The van der Waals surface area contributed by atoms with Crippen molar-refractivity contribution in [1.29, 1.82) is 0 Å². The van der Waals surface area contributed by atoms with Crippen molar-refractivity contribution in [2.45, 2.75) is 33.0 Å². The number of piperazine rings is 1. The smallest absolute Gasteiger partial charge is 0.293 e. The summed E-state index contributed by atoms with van der Waals surface area (Å²) >= 11 is 0. The van der Waals surface area contributed by atoms with E-state index in [0.717, 1.165) is 26.3 Å². The summed E-state index contributed by atoms with van der Waals surface area (Å²) in [7, 11) is -4.49. The van der Waals surface area contributed by atoms with Gasteiger partial charge in [-0.05, 0) is 60.4 Å². The average Bonchev–Trinajstić information content (AvgIpc) is 3.14. The number of fused-ring (bicyclic) bond motifs is 1. The second-order valence-corrected chi connectivity index (χ2v) is 11.4. The van der Waals surface area contributed by atoms with E-state index in [4.69, 9.17) is 0 Å². The average molecular weight is 513 g/mol. The third kappa shape index (κ3) is 5.68. The van der Waals surface area contributed by atoms with Crippen LogP contribution in [0.15, 0.2) is 42.6 Å². The SMILES string of the molecule is Cc1cc2c(cnn2-c2ccc(F)cc2)cc1C1CN(S(=O)(=O)CC(F)(F)F)CCN1CC(C)C. The first-order valence-corrected chi connectivity index (χ1v) is 13.0. The Morgan fingerprint density at radius 2 is 1.80 bits per heavy atom. The van der Waals surface area contributed by atoms with Crippen molar-refractivity contribution >= 4 is 20.9 Å². The number of halogens is 4. The highest BCUT2D eigenvalue weighted by Gasteiger charge is 2.41. The van der Waals surface area contributed by atoms with Gasteiger partial charge in [0.15, 0.2) is 5.75 Å². The Morgan fingerprint density at radius 3 is 2.43 bits per heavy atom. The number of sulfonamides is 1. The minimum Gasteiger partial charge on any atom is -0.293 e. The first-order valence-electron chi connectivity index (χ1n) is 11.4. The maximum absolute atomic E-state index is 13.4. The Kier molecular flexibility index (Phi) is 6.96. The first kappa shape index (κ1) is 25.6. The summed E-state index contributed by atoms with van der Waals surface area (Å²) in [5, 5.41) is 5.23. The lowest BCUT2D eigenvalue weighted by Crippen LogP contribution is -2.52. The number of rotatable bonds is 6. The number of nitrogens with zero attached hydrogens (tertiary/aromatic N) is 4. The maximum Gasteiger partial charge on any atom is 0.404 e. The predicted molar refractivity (Wildman–Crippen MR) is 126 cm³/mol. The summed E-state index contributed by atoms with van der Waals surface area (Å²) in [6.07, 6.45) is -3.12. The molecule has 1 aromatic heterocycles. The highest BCUT2D eigenvalue weighted by molar-refractivity contribution is 7.89. The fourth-order valence-electron chi connectivity index (χ4n) is 4.67. The summed E-state index contributed by atoms with van der Waals surface area (Å²) < 4.78 is 79.9. The van der Waals surface area contributed by atoms with Gasteiger partial charge in [-0.1, -0.05) is 13.8 Å². The van der Waals surface area contributed by atoms with E-state index in [1.807, 2.05) is 32.9 Å². The monoisotopic (exact) mass is 512 g/mol. The van der Waals surface area contributed by atoms with E-state index < -0.39 is 28.0 Å². The Balaban J connectivity index is 1.72. The predicted octanol–water partition coefficient (Wildman–Crippen LogP) is 4.68. The van der Waals surface area contributed by atoms with Gasteiger partial charge < -0.3 is 0 Å². The van der Waals surface area contributed by atoms with E-state index in [0.29, 0.717) is 24.7 Å². The van der Waals surface area contributed by atoms with E-state index in [-0.39, 0.29) is 18.9 Å². The van der Waals surface area contributed by atoms with E-state index in [2.05, 4.69) is 10.00 Å². The quantitative estimate of drug-likeness (QED) is 0.450. The molecular weight excluding hydrogens is 484 g/mol. The molecule has 1 atom stereocenters. The van der Waals surface area contributed by atoms with Crippen molar-refractivity contribution in [2.24, 2.45) is 5.92 Å². The van der Waals surface area contributed by atoms with Crippen molar-refractivity contribution in [3.05, 3.63) is 59.5 Å². The van der Waals surface area contributed by atoms with Crippen LogP contribution < -0.4 is 0 Å². The van der Waals surface area contributed by atoms with Gasteiger partial charge in [0.2, 0.25) is 10.0 Å². The molecule has 0 spiro atoms. The Labute approximate surface area is 202 Å². The highest BCUT2D eigenvalue weighted by atomic mass is 32.2. The van der Waals surface area contributed by atoms with Crippen molar-refractivity contribution in [1.82, 2.24) is 19.0 Å². The minimum absolute atomic E-state index is 0.0193. The molecule has 1 saturated heterocycles. The third-order valence-corrected chi connectivity index (χ3v) is 7.99. The van der Waals surface area contributed by atoms with Crippen LogP contribution in [0.3, 0.4) is 0 Å². The van der Waals surface area contributed by atoms with Crippen molar-refractivity contribution in [3.8, 4) is 5.69 Å². The zero-order valence-corrected chi connectivity index (χ0v) is 20.6. The highest BCUT2D eigenvalue weighted by Crippen LogP contribution is 2.34. The van der Waals surface area contributed by atoms with Crippen LogP contribution in [0.2, 0.25) is 0 Å². The van der Waals surface area contributed by atoms with Crippen LogP contribution in [0, 0.1) is 18.7 Å². The zero-order valence-electron chi connectivity index (χ0n) is 19.8. The lowest BCUT2D eigenvalue weighted by atomic mass is 9.96. The van der Waals surface area contributed by atoms with Gasteiger partial charge in [0.1, 0.15) is 5.82 Å². The van der Waals surface area contributed by atoms with Crippen LogP contribution in [0.25, 0.3) is 16.6 Å². The van der Waals surface area contributed by atoms with Crippen LogP contribution in [0.5, 0.6) is 0 Å². The van der Waals surface area contributed by atoms with Gasteiger partial charge in [0, 0.05) is 37.6 Å². The molecule has 35 heavy (non-hydrogen) atoms. The van der Waals surface area contributed by atoms with E-state index >= 15 is 0 Å². The van der Waals surface area contributed by atoms with Gasteiger partial charge in [-0.3, -0.25) is 4.90 Å². The molecule has 2 aromatic carbocycles. The van der Waals surface area contributed by atoms with E-state index in [1.165, 1.54) is 12.1 Å². The molecule has 3 aromatic rings. The summed E-state index contributed by atoms with van der Waals surface area (Å²) in [6.45, 7) is 6.98. The molecule has 1 aliphatic rings. The summed E-state index contributed by atoms with van der Waals surface area (Å²) in [4.78, 5) is 2.14. The molecule has 1 unspecified atom stereocenters. The molecule has 190 valence electrons. The second-order valence-electron chi connectivity index (χ2n) is 9.43. The molecular formula is C24H28F4N4O2S. The van der Waals surface area contributed by atoms with Gasteiger partial charge in [-0.25, -0.2) is 17.5 Å². The molecule has 0 N–H and O–H groups in total. The van der Waals surface area contributed by atoms with Gasteiger partial charge in [0.05, 0.1) is 17.4 Å². The number of hydrogen-bond donors (Lipinski definition) is 0. The van der Waals surface area contributed by atoms with Gasteiger partial charge in [0.25, 0.3) is 0 Å². The second kappa shape index (κ2) is 9.51. The molecule has 0 saturated carbocycles. The normalized spacial score (nSPS) is 18.6. The number of hydrogen-bond acceptors (Lipinski definition) is 4.